The number of phenols is 2. The molecule has 0 atom stereocenters. The first-order valence-electron chi connectivity index (χ1n) is 7.45. The van der Waals surface area contributed by atoms with Crippen molar-refractivity contribution in [1.29, 1.82) is 0 Å². The number of phenolic OH excluding ortho intramolecular Hbond substituents is 2. The minimum absolute atomic E-state index is 0.00701. The summed E-state index contributed by atoms with van der Waals surface area (Å²) >= 11 is 0. The number of benzene rings is 2. The number of fused-ring (bicyclic) bond motifs is 1. The summed E-state index contributed by atoms with van der Waals surface area (Å²) < 4.78 is 0. The van der Waals surface area contributed by atoms with Crippen LogP contribution in [0.2, 0.25) is 0 Å². The Hall–Kier alpha value is -2.82. The maximum atomic E-state index is 12.7. The van der Waals surface area contributed by atoms with Gasteiger partial charge in [0.15, 0.2) is 5.78 Å². The minimum atomic E-state index is -0.320. The summed E-state index contributed by atoms with van der Waals surface area (Å²) in [7, 11) is 0. The van der Waals surface area contributed by atoms with Crippen LogP contribution in [0, 0.1) is 0 Å². The molecule has 2 N–H and O–H groups in total. The molecule has 5 heteroatoms. The Morgan fingerprint density at radius 1 is 1.09 bits per heavy atom. The van der Waals surface area contributed by atoms with E-state index in [2.05, 4.69) is 0 Å². The first-order valence-corrected chi connectivity index (χ1v) is 7.45. The number of nitrogens with zero attached hydrogens (tertiary/aromatic N) is 1. The van der Waals surface area contributed by atoms with Crippen LogP contribution < -0.4 is 4.90 Å². The molecule has 1 aliphatic heterocycles. The molecule has 0 saturated carbocycles. The van der Waals surface area contributed by atoms with E-state index in [0.717, 1.165) is 30.2 Å². The maximum absolute atomic E-state index is 12.7. The van der Waals surface area contributed by atoms with Crippen molar-refractivity contribution in [2.75, 3.05) is 11.4 Å². The monoisotopic (exact) mass is 311 g/mol. The molecule has 0 spiro atoms. The van der Waals surface area contributed by atoms with Crippen molar-refractivity contribution < 1.29 is 19.8 Å². The van der Waals surface area contributed by atoms with Crippen LogP contribution >= 0.6 is 0 Å². The van der Waals surface area contributed by atoms with Crippen LogP contribution in [0.25, 0.3) is 0 Å². The SMILES string of the molecule is CC(=O)c1ccc2c(c1)CCCN2C(=O)c1ccc(O)cc1O. The number of anilines is 1. The van der Waals surface area contributed by atoms with Gasteiger partial charge in [0, 0.05) is 23.9 Å². The van der Waals surface area contributed by atoms with Gasteiger partial charge in [-0.15, -0.1) is 0 Å². The third-order valence-corrected chi connectivity index (χ3v) is 4.06. The molecular weight excluding hydrogens is 294 g/mol. The summed E-state index contributed by atoms with van der Waals surface area (Å²) in [5.41, 5.74) is 2.49. The van der Waals surface area contributed by atoms with Gasteiger partial charge < -0.3 is 15.1 Å². The number of aromatic hydroxyl groups is 2. The van der Waals surface area contributed by atoms with Crippen molar-refractivity contribution in [3.05, 3.63) is 53.1 Å². The zero-order chi connectivity index (χ0) is 16.6. The number of ketones is 1. The molecule has 1 aliphatic rings. The number of carbonyl (C=O) groups is 2. The van der Waals surface area contributed by atoms with Crippen LogP contribution in [0.1, 0.15) is 39.6 Å². The van der Waals surface area contributed by atoms with Gasteiger partial charge >= 0.3 is 0 Å². The molecule has 0 radical (unpaired) electrons. The molecular formula is C18H17NO4. The van der Waals surface area contributed by atoms with Crippen LogP contribution in [-0.2, 0) is 6.42 Å². The average Bonchev–Trinajstić information content (AvgIpc) is 2.53. The molecule has 23 heavy (non-hydrogen) atoms. The van der Waals surface area contributed by atoms with Crippen LogP contribution in [0.5, 0.6) is 11.5 Å². The van der Waals surface area contributed by atoms with Crippen LogP contribution in [0.15, 0.2) is 36.4 Å². The smallest absolute Gasteiger partial charge is 0.262 e. The number of Topliss-reactive ketones (excluding diaryl/α,β-unsaturated/α-hetero) is 1. The van der Waals surface area contributed by atoms with Gasteiger partial charge in [-0.3, -0.25) is 9.59 Å². The summed E-state index contributed by atoms with van der Waals surface area (Å²) in [6, 6.07) is 9.25. The van der Waals surface area contributed by atoms with Crippen molar-refractivity contribution in [1.82, 2.24) is 0 Å². The second kappa shape index (κ2) is 5.76. The zero-order valence-electron chi connectivity index (χ0n) is 12.7. The zero-order valence-corrected chi connectivity index (χ0v) is 12.7. The van der Waals surface area contributed by atoms with Crippen molar-refractivity contribution in [2.24, 2.45) is 0 Å². The lowest BCUT2D eigenvalue weighted by Gasteiger charge is -2.30. The van der Waals surface area contributed by atoms with Gasteiger partial charge in [0.2, 0.25) is 0 Å². The molecule has 1 heterocycles. The summed E-state index contributed by atoms with van der Waals surface area (Å²) in [4.78, 5) is 25.8. The molecule has 0 aliphatic carbocycles. The Balaban J connectivity index is 1.99. The van der Waals surface area contributed by atoms with E-state index in [9.17, 15) is 19.8 Å². The highest BCUT2D eigenvalue weighted by Gasteiger charge is 2.25. The fourth-order valence-corrected chi connectivity index (χ4v) is 2.87. The van der Waals surface area contributed by atoms with E-state index in [4.69, 9.17) is 0 Å². The van der Waals surface area contributed by atoms with E-state index in [-0.39, 0.29) is 28.8 Å². The van der Waals surface area contributed by atoms with Crippen LogP contribution in [-0.4, -0.2) is 28.4 Å². The highest BCUT2D eigenvalue weighted by molar-refractivity contribution is 6.08. The Bertz CT molecular complexity index is 798. The first kappa shape index (κ1) is 15.1. The van der Waals surface area contributed by atoms with E-state index in [1.54, 1.807) is 17.0 Å². The second-order valence-electron chi connectivity index (χ2n) is 5.66. The molecule has 0 aromatic heterocycles. The van der Waals surface area contributed by atoms with Crippen LogP contribution in [0.3, 0.4) is 0 Å². The molecule has 0 saturated heterocycles. The van der Waals surface area contributed by atoms with E-state index in [1.807, 2.05) is 6.07 Å². The number of aryl methyl sites for hydroxylation is 1. The molecule has 0 fully saturated rings. The normalized spacial score (nSPS) is 13.5. The lowest BCUT2D eigenvalue weighted by molar-refractivity contribution is 0.0981. The number of hydrogen-bond acceptors (Lipinski definition) is 4. The highest BCUT2D eigenvalue weighted by atomic mass is 16.3. The Morgan fingerprint density at radius 3 is 2.57 bits per heavy atom. The van der Waals surface area contributed by atoms with E-state index < -0.39 is 0 Å². The van der Waals surface area contributed by atoms with Crippen molar-refractivity contribution in [3.8, 4) is 11.5 Å². The summed E-state index contributed by atoms with van der Waals surface area (Å²) in [5.74, 6) is -0.668. The molecule has 118 valence electrons. The molecule has 1 amide bonds. The molecule has 5 nitrogen and oxygen atoms in total. The average molecular weight is 311 g/mol. The van der Waals surface area contributed by atoms with Crippen molar-refractivity contribution in [2.45, 2.75) is 19.8 Å². The van der Waals surface area contributed by atoms with Gasteiger partial charge in [-0.05, 0) is 55.7 Å². The van der Waals surface area contributed by atoms with Gasteiger partial charge in [-0.25, -0.2) is 0 Å². The van der Waals surface area contributed by atoms with Gasteiger partial charge in [-0.1, -0.05) is 0 Å². The first-order chi connectivity index (χ1) is 11.0. The topological polar surface area (TPSA) is 77.8 Å². The standard InChI is InChI=1S/C18H17NO4/c1-11(20)12-4-7-16-13(9-12)3-2-8-19(16)18(23)15-6-5-14(21)10-17(15)22/h4-7,9-10,21-22H,2-3,8H2,1H3. The van der Waals surface area contributed by atoms with Crippen molar-refractivity contribution in [3.63, 3.8) is 0 Å². The summed E-state index contributed by atoms with van der Waals surface area (Å²) in [6.45, 7) is 2.06. The Morgan fingerprint density at radius 2 is 1.87 bits per heavy atom. The number of hydrogen-bond donors (Lipinski definition) is 2. The fraction of sp³-hybridized carbons (Fsp3) is 0.222. The molecule has 2 aromatic rings. The van der Waals surface area contributed by atoms with Crippen LogP contribution in [0.4, 0.5) is 5.69 Å². The molecule has 0 bridgehead atoms. The summed E-state index contributed by atoms with van der Waals surface area (Å²) in [5, 5.41) is 19.3. The van der Waals surface area contributed by atoms with Gasteiger partial charge in [0.1, 0.15) is 11.5 Å². The molecule has 0 unspecified atom stereocenters. The Labute approximate surface area is 133 Å². The number of amides is 1. The Kier molecular flexibility index (Phi) is 3.78. The highest BCUT2D eigenvalue weighted by Crippen LogP contribution is 2.32. The molecule has 3 rings (SSSR count). The molecule has 2 aromatic carbocycles. The number of rotatable bonds is 2. The van der Waals surface area contributed by atoms with E-state index in [1.165, 1.54) is 19.1 Å². The third-order valence-electron chi connectivity index (χ3n) is 4.06. The third kappa shape index (κ3) is 2.77. The minimum Gasteiger partial charge on any atom is -0.508 e. The summed E-state index contributed by atoms with van der Waals surface area (Å²) in [6.07, 6.45) is 1.60. The fourth-order valence-electron chi connectivity index (χ4n) is 2.87. The van der Waals surface area contributed by atoms with Gasteiger partial charge in [-0.2, -0.15) is 0 Å². The second-order valence-corrected chi connectivity index (χ2v) is 5.66. The van der Waals surface area contributed by atoms with E-state index in [0.29, 0.717) is 12.1 Å². The quantitative estimate of drug-likeness (QED) is 0.836. The maximum Gasteiger partial charge on any atom is 0.262 e. The van der Waals surface area contributed by atoms with Crippen molar-refractivity contribution >= 4 is 17.4 Å². The van der Waals surface area contributed by atoms with Gasteiger partial charge in [0.25, 0.3) is 5.91 Å². The predicted octanol–water partition coefficient (Wildman–Crippen LogP) is 2.89. The lowest BCUT2D eigenvalue weighted by Crippen LogP contribution is -2.35. The number of carbonyl (C=O) groups excluding carboxylic acids is 2. The van der Waals surface area contributed by atoms with E-state index >= 15 is 0 Å². The lowest BCUT2D eigenvalue weighted by atomic mass is 9.97. The van der Waals surface area contributed by atoms with Gasteiger partial charge in [0.05, 0.1) is 5.56 Å². The predicted molar refractivity (Wildman–Crippen MR) is 86.2 cm³/mol. The largest absolute Gasteiger partial charge is 0.508 e.